The van der Waals surface area contributed by atoms with Gasteiger partial charge in [0.25, 0.3) is 0 Å². The highest BCUT2D eigenvalue weighted by Gasteiger charge is 2.28. The molecule has 90 valence electrons. The Hall–Kier alpha value is -0.570. The van der Waals surface area contributed by atoms with E-state index in [0.29, 0.717) is 5.92 Å². The molecule has 0 aromatic rings. The second-order valence-corrected chi connectivity index (χ2v) is 5.53. The highest BCUT2D eigenvalue weighted by Crippen LogP contribution is 2.17. The number of nitrogens with one attached hydrogen (secondary N) is 1. The molecule has 0 aliphatic rings. The van der Waals surface area contributed by atoms with Crippen molar-refractivity contribution in [1.29, 1.82) is 0 Å². The van der Waals surface area contributed by atoms with Crippen molar-refractivity contribution >= 4 is 5.91 Å². The zero-order valence-corrected chi connectivity index (χ0v) is 10.9. The van der Waals surface area contributed by atoms with Gasteiger partial charge in [-0.25, -0.2) is 0 Å². The molecule has 0 aromatic carbocycles. The lowest BCUT2D eigenvalue weighted by Gasteiger charge is -2.28. The van der Waals surface area contributed by atoms with Crippen LogP contribution in [0.4, 0.5) is 0 Å². The van der Waals surface area contributed by atoms with Crippen LogP contribution in [0.2, 0.25) is 0 Å². The largest absolute Gasteiger partial charge is 0.352 e. The first kappa shape index (κ1) is 14.4. The van der Waals surface area contributed by atoms with Crippen molar-refractivity contribution in [1.82, 2.24) is 5.32 Å². The van der Waals surface area contributed by atoms with Gasteiger partial charge in [-0.15, -0.1) is 0 Å². The van der Waals surface area contributed by atoms with E-state index in [1.54, 1.807) is 0 Å². The highest BCUT2D eigenvalue weighted by molar-refractivity contribution is 5.82. The molecule has 0 aliphatic heterocycles. The van der Waals surface area contributed by atoms with E-state index in [2.05, 4.69) is 19.2 Å². The molecule has 0 spiro atoms. The van der Waals surface area contributed by atoms with Crippen LogP contribution in [0.5, 0.6) is 0 Å². The Morgan fingerprint density at radius 3 is 2.13 bits per heavy atom. The second-order valence-electron chi connectivity index (χ2n) is 5.53. The van der Waals surface area contributed by atoms with Crippen LogP contribution < -0.4 is 11.1 Å². The van der Waals surface area contributed by atoms with E-state index in [0.717, 1.165) is 6.42 Å². The zero-order chi connectivity index (χ0) is 12.2. The van der Waals surface area contributed by atoms with Crippen LogP contribution in [-0.2, 0) is 4.79 Å². The SMILES string of the molecule is CCC(C)C(C)NC(=O)[C@@H](N)C(C)(C)C. The van der Waals surface area contributed by atoms with Crippen LogP contribution in [0.25, 0.3) is 0 Å². The van der Waals surface area contributed by atoms with Gasteiger partial charge in [0, 0.05) is 6.04 Å². The Morgan fingerprint density at radius 2 is 1.80 bits per heavy atom. The molecular weight excluding hydrogens is 188 g/mol. The summed E-state index contributed by atoms with van der Waals surface area (Å²) in [5, 5.41) is 2.97. The molecule has 3 heteroatoms. The molecule has 15 heavy (non-hydrogen) atoms. The standard InChI is InChI=1S/C12H26N2O/c1-7-8(2)9(3)14-11(15)10(13)12(4,5)6/h8-10H,7,13H2,1-6H3,(H,14,15)/t8?,9?,10-/m1/s1. The predicted molar refractivity (Wildman–Crippen MR) is 64.5 cm³/mol. The van der Waals surface area contributed by atoms with Gasteiger partial charge in [-0.1, -0.05) is 41.0 Å². The molecule has 0 saturated heterocycles. The number of rotatable bonds is 4. The molecular formula is C12H26N2O. The van der Waals surface area contributed by atoms with E-state index in [1.165, 1.54) is 0 Å². The van der Waals surface area contributed by atoms with E-state index in [-0.39, 0.29) is 17.4 Å². The molecule has 0 rings (SSSR count). The van der Waals surface area contributed by atoms with Gasteiger partial charge >= 0.3 is 0 Å². The van der Waals surface area contributed by atoms with Crippen LogP contribution in [0.1, 0.15) is 48.0 Å². The van der Waals surface area contributed by atoms with Crippen LogP contribution in [0.15, 0.2) is 0 Å². The minimum absolute atomic E-state index is 0.0460. The van der Waals surface area contributed by atoms with E-state index in [1.807, 2.05) is 27.7 Å². The fraction of sp³-hybridized carbons (Fsp3) is 0.917. The first-order valence-corrected chi connectivity index (χ1v) is 5.76. The minimum atomic E-state index is -0.441. The van der Waals surface area contributed by atoms with Crippen molar-refractivity contribution in [3.63, 3.8) is 0 Å². The summed E-state index contributed by atoms with van der Waals surface area (Å²) in [5.41, 5.74) is 5.69. The molecule has 0 aromatic heterocycles. The zero-order valence-electron chi connectivity index (χ0n) is 10.9. The maximum absolute atomic E-state index is 11.8. The number of carbonyl (C=O) groups is 1. The third-order valence-corrected chi connectivity index (χ3v) is 3.08. The third-order valence-electron chi connectivity index (χ3n) is 3.08. The fourth-order valence-corrected chi connectivity index (χ4v) is 1.20. The molecule has 0 bridgehead atoms. The van der Waals surface area contributed by atoms with Gasteiger partial charge in [-0.05, 0) is 18.3 Å². The maximum Gasteiger partial charge on any atom is 0.237 e. The molecule has 2 unspecified atom stereocenters. The Balaban J connectivity index is 4.26. The molecule has 0 saturated carbocycles. The summed E-state index contributed by atoms with van der Waals surface area (Å²) in [6.45, 7) is 12.2. The molecule has 1 amide bonds. The lowest BCUT2D eigenvalue weighted by atomic mass is 9.86. The highest BCUT2D eigenvalue weighted by atomic mass is 16.2. The van der Waals surface area contributed by atoms with E-state index in [9.17, 15) is 4.79 Å². The summed E-state index contributed by atoms with van der Waals surface area (Å²) in [5.74, 6) is 0.441. The van der Waals surface area contributed by atoms with Crippen LogP contribution in [0, 0.1) is 11.3 Å². The van der Waals surface area contributed by atoms with Gasteiger partial charge in [-0.3, -0.25) is 4.79 Å². The quantitative estimate of drug-likeness (QED) is 0.751. The Morgan fingerprint density at radius 1 is 1.33 bits per heavy atom. The number of carbonyl (C=O) groups excluding carboxylic acids is 1. The normalized spacial score (nSPS) is 18.1. The van der Waals surface area contributed by atoms with Gasteiger partial charge in [0.05, 0.1) is 6.04 Å². The molecule has 3 N–H and O–H groups in total. The van der Waals surface area contributed by atoms with Crippen molar-refractivity contribution in [2.24, 2.45) is 17.1 Å². The molecule has 0 aliphatic carbocycles. The second kappa shape index (κ2) is 5.50. The molecule has 0 heterocycles. The first-order valence-electron chi connectivity index (χ1n) is 5.76. The van der Waals surface area contributed by atoms with E-state index >= 15 is 0 Å². The van der Waals surface area contributed by atoms with E-state index < -0.39 is 6.04 Å². The smallest absolute Gasteiger partial charge is 0.237 e. The average molecular weight is 214 g/mol. The number of nitrogens with two attached hydrogens (primary N) is 1. The van der Waals surface area contributed by atoms with Crippen LogP contribution in [-0.4, -0.2) is 18.0 Å². The van der Waals surface area contributed by atoms with Crippen molar-refractivity contribution in [3.8, 4) is 0 Å². The van der Waals surface area contributed by atoms with Gasteiger partial charge in [0.1, 0.15) is 0 Å². The van der Waals surface area contributed by atoms with Crippen molar-refractivity contribution < 1.29 is 4.79 Å². The topological polar surface area (TPSA) is 55.1 Å². The van der Waals surface area contributed by atoms with E-state index in [4.69, 9.17) is 5.73 Å². The van der Waals surface area contributed by atoms with Gasteiger partial charge in [0.2, 0.25) is 5.91 Å². The van der Waals surface area contributed by atoms with Gasteiger partial charge < -0.3 is 11.1 Å². The molecule has 3 atom stereocenters. The summed E-state index contributed by atoms with van der Waals surface area (Å²) in [6, 6.07) is -0.250. The Kier molecular flexibility index (Phi) is 5.29. The first-order chi connectivity index (χ1) is 6.70. The lowest BCUT2D eigenvalue weighted by molar-refractivity contribution is -0.125. The summed E-state index contributed by atoms with van der Waals surface area (Å²) in [7, 11) is 0. The number of amides is 1. The van der Waals surface area contributed by atoms with Crippen molar-refractivity contribution in [2.45, 2.75) is 60.0 Å². The summed E-state index contributed by atoms with van der Waals surface area (Å²) < 4.78 is 0. The molecule has 0 fully saturated rings. The monoisotopic (exact) mass is 214 g/mol. The van der Waals surface area contributed by atoms with Crippen LogP contribution >= 0.6 is 0 Å². The van der Waals surface area contributed by atoms with Gasteiger partial charge in [0.15, 0.2) is 0 Å². The fourth-order valence-electron chi connectivity index (χ4n) is 1.20. The summed E-state index contributed by atoms with van der Waals surface area (Å²) >= 11 is 0. The number of hydrogen-bond acceptors (Lipinski definition) is 2. The summed E-state index contributed by atoms with van der Waals surface area (Å²) in [6.07, 6.45) is 1.06. The minimum Gasteiger partial charge on any atom is -0.352 e. The predicted octanol–water partition coefficient (Wildman–Crippen LogP) is 1.91. The van der Waals surface area contributed by atoms with Crippen LogP contribution in [0.3, 0.4) is 0 Å². The molecule has 0 radical (unpaired) electrons. The average Bonchev–Trinajstić information content (AvgIpc) is 2.13. The number of hydrogen-bond donors (Lipinski definition) is 2. The van der Waals surface area contributed by atoms with Crippen molar-refractivity contribution in [2.75, 3.05) is 0 Å². The van der Waals surface area contributed by atoms with Crippen molar-refractivity contribution in [3.05, 3.63) is 0 Å². The van der Waals surface area contributed by atoms with Gasteiger partial charge in [-0.2, -0.15) is 0 Å². The Bertz CT molecular complexity index is 208. The summed E-state index contributed by atoms with van der Waals surface area (Å²) in [4.78, 5) is 11.8. The lowest BCUT2D eigenvalue weighted by Crippen LogP contribution is -2.51. The molecule has 3 nitrogen and oxygen atoms in total. The Labute approximate surface area is 93.8 Å². The maximum atomic E-state index is 11.8. The third kappa shape index (κ3) is 4.65.